The quantitative estimate of drug-likeness (QED) is 0.139. The summed E-state index contributed by atoms with van der Waals surface area (Å²) in [5.41, 5.74) is -0.280. The number of aliphatic hydroxyl groups excluding tert-OH is 2. The summed E-state index contributed by atoms with van der Waals surface area (Å²) in [5.74, 6) is -1.91. The predicted molar refractivity (Wildman–Crippen MR) is 101 cm³/mol. The highest BCUT2D eigenvalue weighted by molar-refractivity contribution is 6.40. The molecule has 11 heteroatoms. The van der Waals surface area contributed by atoms with Gasteiger partial charge in [-0.15, -0.1) is 0 Å². The Morgan fingerprint density at radius 2 is 1.93 bits per heavy atom. The molecule has 1 amide bonds. The topological polar surface area (TPSA) is 168 Å². The number of aliphatic carboxylic acids is 1. The van der Waals surface area contributed by atoms with Crippen LogP contribution in [0, 0.1) is 5.92 Å². The van der Waals surface area contributed by atoms with E-state index in [1.54, 1.807) is 11.0 Å². The molecule has 2 rings (SSSR count). The van der Waals surface area contributed by atoms with E-state index >= 15 is 0 Å². The van der Waals surface area contributed by atoms with Gasteiger partial charge in [-0.3, -0.25) is 4.79 Å². The van der Waals surface area contributed by atoms with E-state index in [0.29, 0.717) is 32.4 Å². The summed E-state index contributed by atoms with van der Waals surface area (Å²) < 4.78 is 5.68. The molecule has 6 N–H and O–H groups in total. The number of aliphatic hydroxyl groups is 3. The summed E-state index contributed by atoms with van der Waals surface area (Å²) in [6, 6.07) is 0. The first kappa shape index (κ1) is 23.4. The van der Waals surface area contributed by atoms with Crippen LogP contribution in [0.1, 0.15) is 32.1 Å². The molecule has 0 aromatic heterocycles. The van der Waals surface area contributed by atoms with Crippen LogP contribution in [-0.4, -0.2) is 86.0 Å². The summed E-state index contributed by atoms with van der Waals surface area (Å²) in [6.45, 7) is 0.615. The van der Waals surface area contributed by atoms with E-state index in [0.717, 1.165) is 0 Å². The molecule has 1 heterocycles. The van der Waals surface area contributed by atoms with Crippen LogP contribution in [0.2, 0.25) is 6.32 Å². The Kier molecular flexibility index (Phi) is 8.66. The molecule has 2 aliphatic rings. The third-order valence-electron chi connectivity index (χ3n) is 5.05. The first-order valence-electron chi connectivity index (χ1n) is 9.69. The van der Waals surface area contributed by atoms with Crippen LogP contribution >= 0.6 is 0 Å². The van der Waals surface area contributed by atoms with Crippen LogP contribution in [0.5, 0.6) is 0 Å². The van der Waals surface area contributed by atoms with Gasteiger partial charge in [0.15, 0.2) is 6.29 Å². The molecule has 0 aromatic rings. The van der Waals surface area contributed by atoms with E-state index in [4.69, 9.17) is 25.0 Å². The van der Waals surface area contributed by atoms with Crippen LogP contribution in [0.15, 0.2) is 23.5 Å². The van der Waals surface area contributed by atoms with Crippen LogP contribution in [0.3, 0.4) is 0 Å². The molecule has 0 radical (unpaired) electrons. The number of amides is 1. The molecule has 29 heavy (non-hydrogen) atoms. The summed E-state index contributed by atoms with van der Waals surface area (Å²) in [4.78, 5) is 25.2. The highest BCUT2D eigenvalue weighted by atomic mass is 16.5. The third-order valence-corrected chi connectivity index (χ3v) is 5.05. The zero-order valence-electron chi connectivity index (χ0n) is 16.1. The molecular weight excluding hydrogens is 385 g/mol. The lowest BCUT2D eigenvalue weighted by atomic mass is 9.77. The van der Waals surface area contributed by atoms with Gasteiger partial charge in [-0.05, 0) is 38.1 Å². The molecular formula is C18H28BNO9. The summed E-state index contributed by atoms with van der Waals surface area (Å²) in [7, 11) is -1.53. The molecule has 0 spiro atoms. The average molecular weight is 413 g/mol. The van der Waals surface area contributed by atoms with Gasteiger partial charge in [0.25, 0.3) is 0 Å². The highest BCUT2D eigenvalue weighted by Gasteiger charge is 2.37. The molecule has 2 unspecified atom stereocenters. The van der Waals surface area contributed by atoms with Gasteiger partial charge in [-0.25, -0.2) is 4.79 Å². The van der Waals surface area contributed by atoms with Crippen molar-refractivity contribution in [2.24, 2.45) is 5.92 Å². The van der Waals surface area contributed by atoms with E-state index in [1.165, 1.54) is 6.08 Å². The van der Waals surface area contributed by atoms with Crippen molar-refractivity contribution >= 4 is 19.0 Å². The second-order valence-electron chi connectivity index (χ2n) is 7.37. The van der Waals surface area contributed by atoms with Crippen molar-refractivity contribution in [2.75, 3.05) is 13.1 Å². The number of unbranched alkanes of at least 4 members (excludes halogenated alkanes) is 1. The molecule has 0 bridgehead atoms. The Hall–Kier alpha value is -1.92. The number of carbonyl (C=O) groups is 2. The number of nitrogens with zero attached hydrogens (tertiary/aromatic N) is 1. The fourth-order valence-corrected chi connectivity index (χ4v) is 3.35. The molecule has 1 saturated heterocycles. The molecule has 2 atom stereocenters. The fourth-order valence-electron chi connectivity index (χ4n) is 3.35. The first-order chi connectivity index (χ1) is 13.7. The van der Waals surface area contributed by atoms with E-state index in [1.807, 2.05) is 0 Å². The molecule has 10 nitrogen and oxygen atoms in total. The smallest absolute Gasteiger partial charge is 0.451 e. The number of carboxylic acid groups (broad SMARTS) is 1. The Morgan fingerprint density at radius 1 is 1.24 bits per heavy atom. The number of likely N-dealkylation sites (tertiary alicyclic amines) is 1. The van der Waals surface area contributed by atoms with Gasteiger partial charge in [-0.2, -0.15) is 0 Å². The number of rotatable bonds is 11. The van der Waals surface area contributed by atoms with E-state index in [9.17, 15) is 19.8 Å². The SMILES string of the molecule is O=C(O)C1=C(OC2CN(C(=O)CCCCC(O)O)C2)C=CC(CCB(O)O)C1O. The van der Waals surface area contributed by atoms with E-state index in [-0.39, 0.29) is 42.5 Å². The maximum Gasteiger partial charge on any atom is 0.451 e. The van der Waals surface area contributed by atoms with Gasteiger partial charge in [0, 0.05) is 12.3 Å². The van der Waals surface area contributed by atoms with Crippen LogP contribution in [0.4, 0.5) is 0 Å². The van der Waals surface area contributed by atoms with Crippen molar-refractivity contribution in [3.63, 3.8) is 0 Å². The second kappa shape index (κ2) is 10.7. The van der Waals surface area contributed by atoms with Gasteiger partial charge in [0.05, 0.1) is 19.2 Å². The molecule has 1 aliphatic carbocycles. The van der Waals surface area contributed by atoms with Crippen molar-refractivity contribution in [1.29, 1.82) is 0 Å². The van der Waals surface area contributed by atoms with Crippen LogP contribution in [-0.2, 0) is 14.3 Å². The monoisotopic (exact) mass is 413 g/mol. The minimum Gasteiger partial charge on any atom is -0.486 e. The van der Waals surface area contributed by atoms with Crippen LogP contribution < -0.4 is 0 Å². The Bertz CT molecular complexity index is 643. The van der Waals surface area contributed by atoms with Gasteiger partial charge in [0.1, 0.15) is 17.4 Å². The minimum absolute atomic E-state index is 0.00607. The van der Waals surface area contributed by atoms with Gasteiger partial charge >= 0.3 is 13.1 Å². The lowest BCUT2D eigenvalue weighted by molar-refractivity contribution is -0.143. The fraction of sp³-hybridized carbons (Fsp3) is 0.667. The maximum absolute atomic E-state index is 12.0. The molecule has 0 aromatic carbocycles. The van der Waals surface area contributed by atoms with E-state index in [2.05, 4.69) is 0 Å². The largest absolute Gasteiger partial charge is 0.486 e. The van der Waals surface area contributed by atoms with E-state index < -0.39 is 31.4 Å². The zero-order chi connectivity index (χ0) is 21.6. The molecule has 1 aliphatic heterocycles. The highest BCUT2D eigenvalue weighted by Crippen LogP contribution is 2.30. The number of hydrogen-bond donors (Lipinski definition) is 6. The standard InChI is InChI=1S/C18H28BNO9/c21-14(3-1-2-4-15(22)23)20-9-12(10-20)29-13-6-5-11(7-8-19(27)28)17(24)16(13)18(25)26/h5-6,11-12,15,17,22-24,27-28H,1-4,7-10H2,(H,25,26). The summed E-state index contributed by atoms with van der Waals surface area (Å²) in [6.07, 6.45) is 1.79. The Morgan fingerprint density at radius 3 is 2.52 bits per heavy atom. The Balaban J connectivity index is 1.84. The summed E-state index contributed by atoms with van der Waals surface area (Å²) in [5, 5.41) is 55.3. The number of carbonyl (C=O) groups excluding carboxylic acids is 1. The lowest BCUT2D eigenvalue weighted by Gasteiger charge is -2.40. The second-order valence-corrected chi connectivity index (χ2v) is 7.37. The number of allylic oxidation sites excluding steroid dienone is 1. The predicted octanol–water partition coefficient (Wildman–Crippen LogP) is -1.17. The molecule has 1 fully saturated rings. The first-order valence-corrected chi connectivity index (χ1v) is 9.69. The summed E-state index contributed by atoms with van der Waals surface area (Å²) >= 11 is 0. The van der Waals surface area contributed by atoms with Crippen LogP contribution in [0.25, 0.3) is 0 Å². The molecule has 162 valence electrons. The number of carboxylic acids is 1. The van der Waals surface area contributed by atoms with Gasteiger partial charge in [0.2, 0.25) is 5.91 Å². The zero-order valence-corrected chi connectivity index (χ0v) is 16.1. The average Bonchev–Trinajstić information content (AvgIpc) is 2.59. The van der Waals surface area contributed by atoms with Crippen molar-refractivity contribution < 1.29 is 44.8 Å². The van der Waals surface area contributed by atoms with Crippen molar-refractivity contribution in [3.8, 4) is 0 Å². The van der Waals surface area contributed by atoms with Crippen molar-refractivity contribution in [2.45, 2.75) is 56.9 Å². The number of ether oxygens (including phenoxy) is 1. The molecule has 0 saturated carbocycles. The lowest BCUT2D eigenvalue weighted by Crippen LogP contribution is -2.54. The van der Waals surface area contributed by atoms with Crippen molar-refractivity contribution in [1.82, 2.24) is 4.90 Å². The third kappa shape index (κ3) is 6.83. The maximum atomic E-state index is 12.0. The van der Waals surface area contributed by atoms with Gasteiger partial charge < -0.3 is 40.1 Å². The van der Waals surface area contributed by atoms with Gasteiger partial charge in [-0.1, -0.05) is 6.08 Å². The Labute approximate surface area is 168 Å². The van der Waals surface area contributed by atoms with Crippen molar-refractivity contribution in [3.05, 3.63) is 23.5 Å². The normalized spacial score (nSPS) is 22.1. The number of hydrogen-bond acceptors (Lipinski definition) is 8. The minimum atomic E-state index is -1.53.